The van der Waals surface area contributed by atoms with Gasteiger partial charge in [0.15, 0.2) is 0 Å². The Labute approximate surface area is 213 Å². The Balaban J connectivity index is 1.43. The van der Waals surface area contributed by atoms with Gasteiger partial charge in [0.25, 0.3) is 11.8 Å². The monoisotopic (exact) mass is 493 g/mol. The predicted octanol–water partition coefficient (Wildman–Crippen LogP) is 5.38. The molecule has 3 aromatic carbocycles. The second kappa shape index (κ2) is 10.2. The Morgan fingerprint density at radius 3 is 2.41 bits per heavy atom. The third-order valence-electron chi connectivity index (χ3n) is 5.76. The number of hydrogen-bond donors (Lipinski definition) is 1. The molecular weight excluding hydrogens is 470 g/mol. The summed E-state index contributed by atoms with van der Waals surface area (Å²) >= 11 is 0. The summed E-state index contributed by atoms with van der Waals surface area (Å²) in [5.41, 5.74) is 2.50. The fourth-order valence-corrected chi connectivity index (χ4v) is 3.91. The molecule has 0 radical (unpaired) electrons. The highest BCUT2D eigenvalue weighted by atomic mass is 16.5. The molecule has 1 N–H and O–H groups in total. The van der Waals surface area contributed by atoms with Crippen molar-refractivity contribution >= 4 is 35.1 Å². The van der Waals surface area contributed by atoms with Crippen molar-refractivity contribution in [1.29, 1.82) is 0 Å². The van der Waals surface area contributed by atoms with Crippen molar-refractivity contribution in [1.82, 2.24) is 0 Å². The van der Waals surface area contributed by atoms with E-state index < -0.39 is 0 Å². The summed E-state index contributed by atoms with van der Waals surface area (Å²) in [5.74, 6) is 1.48. The number of aliphatic imine (C=N–C) groups is 1. The average Bonchev–Trinajstić information content (AvgIpc) is 3.57. The number of nitrogens with zero attached hydrogens (tertiary/aromatic N) is 2. The number of benzene rings is 3. The van der Waals surface area contributed by atoms with Crippen molar-refractivity contribution in [3.8, 4) is 11.5 Å². The van der Waals surface area contributed by atoms with Crippen molar-refractivity contribution in [2.75, 3.05) is 24.4 Å². The molecule has 1 aliphatic rings. The number of carbonyl (C=O) groups is 2. The molecule has 0 saturated heterocycles. The fourth-order valence-electron chi connectivity index (χ4n) is 3.91. The first-order valence-electron chi connectivity index (χ1n) is 11.4. The van der Waals surface area contributed by atoms with Gasteiger partial charge in [-0.15, -0.1) is 0 Å². The second-order valence-electron chi connectivity index (χ2n) is 8.05. The second-order valence-corrected chi connectivity index (χ2v) is 8.05. The van der Waals surface area contributed by atoms with Crippen molar-refractivity contribution in [2.45, 2.75) is 0 Å². The molecule has 0 aliphatic carbocycles. The minimum Gasteiger partial charge on any atom is -0.497 e. The summed E-state index contributed by atoms with van der Waals surface area (Å²) < 4.78 is 16.0. The third-order valence-corrected chi connectivity index (χ3v) is 5.76. The molecule has 4 aromatic rings. The summed E-state index contributed by atoms with van der Waals surface area (Å²) in [6, 6.07) is 24.8. The maximum Gasteiger partial charge on any atom is 0.282 e. The highest BCUT2D eigenvalue weighted by molar-refractivity contribution is 6.33. The van der Waals surface area contributed by atoms with Crippen LogP contribution in [0.4, 0.5) is 11.4 Å². The molecule has 0 bridgehead atoms. The van der Waals surface area contributed by atoms with Crippen LogP contribution in [0.15, 0.2) is 106 Å². The lowest BCUT2D eigenvalue weighted by Crippen LogP contribution is -2.32. The van der Waals surface area contributed by atoms with Crippen molar-refractivity contribution in [3.05, 3.63) is 114 Å². The lowest BCUT2D eigenvalue weighted by molar-refractivity contribution is -0.113. The minimum atomic E-state index is -0.332. The van der Waals surface area contributed by atoms with E-state index >= 15 is 0 Å². The van der Waals surface area contributed by atoms with E-state index in [0.717, 1.165) is 5.56 Å². The Morgan fingerprint density at radius 1 is 0.946 bits per heavy atom. The molecule has 1 aliphatic heterocycles. The van der Waals surface area contributed by atoms with Gasteiger partial charge in [0.1, 0.15) is 28.8 Å². The van der Waals surface area contributed by atoms with Crippen molar-refractivity contribution in [2.24, 2.45) is 4.99 Å². The molecule has 0 unspecified atom stereocenters. The number of amides is 2. The molecule has 8 nitrogen and oxygen atoms in total. The Bertz CT molecular complexity index is 1490. The Kier molecular flexibility index (Phi) is 6.54. The quantitative estimate of drug-likeness (QED) is 0.349. The van der Waals surface area contributed by atoms with Crippen LogP contribution in [0.3, 0.4) is 0 Å². The topological polar surface area (TPSA) is 93.4 Å². The largest absolute Gasteiger partial charge is 0.497 e. The number of amidine groups is 1. The van der Waals surface area contributed by atoms with Gasteiger partial charge in [-0.1, -0.05) is 30.3 Å². The van der Waals surface area contributed by atoms with E-state index in [1.54, 1.807) is 67.8 Å². The number of rotatable bonds is 7. The van der Waals surface area contributed by atoms with Crippen LogP contribution in [-0.4, -0.2) is 31.9 Å². The summed E-state index contributed by atoms with van der Waals surface area (Å²) in [6.45, 7) is 0. The average molecular weight is 494 g/mol. The standard InChI is InChI=1S/C29H23N3O5/c1-35-22-14-15-26(36-2)24(17-22)31-28(33)20-10-12-21(13-11-20)32-27(19-7-4-3-5-8-19)30-25(29(32)34)18-23-9-6-16-37-23/h3-18H,1-2H3,(H,31,33). The van der Waals surface area contributed by atoms with Gasteiger partial charge in [-0.3, -0.25) is 14.5 Å². The van der Waals surface area contributed by atoms with Crippen LogP contribution >= 0.6 is 0 Å². The third kappa shape index (κ3) is 4.85. The molecule has 0 spiro atoms. The zero-order valence-corrected chi connectivity index (χ0v) is 20.2. The van der Waals surface area contributed by atoms with Gasteiger partial charge in [-0.05, 0) is 48.5 Å². The summed E-state index contributed by atoms with van der Waals surface area (Å²) in [4.78, 5) is 32.5. The van der Waals surface area contributed by atoms with Crippen LogP contribution in [-0.2, 0) is 4.79 Å². The summed E-state index contributed by atoms with van der Waals surface area (Å²) in [7, 11) is 3.08. The number of anilines is 2. The van der Waals surface area contributed by atoms with Gasteiger partial charge >= 0.3 is 0 Å². The zero-order chi connectivity index (χ0) is 25.8. The molecule has 184 valence electrons. The first-order valence-corrected chi connectivity index (χ1v) is 11.4. The fraction of sp³-hybridized carbons (Fsp3) is 0.0690. The van der Waals surface area contributed by atoms with E-state index in [9.17, 15) is 9.59 Å². The number of nitrogens with one attached hydrogen (secondary N) is 1. The molecule has 5 rings (SSSR count). The van der Waals surface area contributed by atoms with Gasteiger partial charge in [0.05, 0.1) is 31.9 Å². The number of ether oxygens (including phenoxy) is 2. The lowest BCUT2D eigenvalue weighted by Gasteiger charge is -2.19. The van der Waals surface area contributed by atoms with Crippen LogP contribution in [0.1, 0.15) is 21.7 Å². The Morgan fingerprint density at radius 2 is 1.73 bits per heavy atom. The number of methoxy groups -OCH3 is 2. The van der Waals surface area contributed by atoms with Crippen LogP contribution < -0.4 is 19.7 Å². The lowest BCUT2D eigenvalue weighted by atomic mass is 10.1. The van der Waals surface area contributed by atoms with E-state index in [4.69, 9.17) is 13.9 Å². The molecule has 0 atom stereocenters. The minimum absolute atomic E-state index is 0.251. The molecule has 2 amide bonds. The molecule has 8 heteroatoms. The molecule has 0 saturated carbocycles. The van der Waals surface area contributed by atoms with Gasteiger partial charge < -0.3 is 19.2 Å². The summed E-state index contributed by atoms with van der Waals surface area (Å²) in [5, 5.41) is 2.85. The first kappa shape index (κ1) is 23.6. The van der Waals surface area contributed by atoms with Gasteiger partial charge in [-0.25, -0.2) is 4.99 Å². The van der Waals surface area contributed by atoms with Crippen LogP contribution in [0.25, 0.3) is 6.08 Å². The number of hydrogen-bond acceptors (Lipinski definition) is 6. The highest BCUT2D eigenvalue weighted by Crippen LogP contribution is 2.31. The van der Waals surface area contributed by atoms with Gasteiger partial charge in [0, 0.05) is 23.3 Å². The molecular formula is C29H23N3O5. The number of carbonyl (C=O) groups excluding carboxylic acids is 2. The molecule has 37 heavy (non-hydrogen) atoms. The Hall–Kier alpha value is -5.11. The van der Waals surface area contributed by atoms with E-state index in [1.165, 1.54) is 18.3 Å². The molecule has 1 aromatic heterocycles. The van der Waals surface area contributed by atoms with Gasteiger partial charge in [0.2, 0.25) is 0 Å². The van der Waals surface area contributed by atoms with E-state index in [1.807, 2.05) is 30.3 Å². The normalized spacial score (nSPS) is 14.0. The smallest absolute Gasteiger partial charge is 0.282 e. The van der Waals surface area contributed by atoms with Crippen LogP contribution in [0.2, 0.25) is 0 Å². The highest BCUT2D eigenvalue weighted by Gasteiger charge is 2.32. The van der Waals surface area contributed by atoms with Crippen molar-refractivity contribution < 1.29 is 23.5 Å². The first-order chi connectivity index (χ1) is 18.1. The predicted molar refractivity (Wildman–Crippen MR) is 141 cm³/mol. The summed E-state index contributed by atoms with van der Waals surface area (Å²) in [6.07, 6.45) is 3.14. The van der Waals surface area contributed by atoms with E-state index in [-0.39, 0.29) is 17.5 Å². The van der Waals surface area contributed by atoms with E-state index in [2.05, 4.69) is 10.3 Å². The van der Waals surface area contributed by atoms with Crippen LogP contribution in [0.5, 0.6) is 11.5 Å². The number of furan rings is 1. The van der Waals surface area contributed by atoms with E-state index in [0.29, 0.717) is 40.0 Å². The zero-order valence-electron chi connectivity index (χ0n) is 20.2. The van der Waals surface area contributed by atoms with Crippen molar-refractivity contribution in [3.63, 3.8) is 0 Å². The molecule has 2 heterocycles. The maximum absolute atomic E-state index is 13.4. The van der Waals surface area contributed by atoms with Gasteiger partial charge in [-0.2, -0.15) is 0 Å². The maximum atomic E-state index is 13.4. The molecule has 0 fully saturated rings. The SMILES string of the molecule is COc1ccc(OC)c(NC(=O)c2ccc(N3C(=O)C(=Cc4ccco4)N=C3c3ccccc3)cc2)c1. The van der Waals surface area contributed by atoms with Crippen LogP contribution in [0, 0.1) is 0 Å².